The van der Waals surface area contributed by atoms with E-state index in [-0.39, 0.29) is 11.9 Å². The van der Waals surface area contributed by atoms with E-state index in [0.29, 0.717) is 25.0 Å². The monoisotopic (exact) mass is 472 g/mol. The molecule has 3 N–H and O–H groups in total. The van der Waals surface area contributed by atoms with Crippen molar-refractivity contribution >= 4 is 43.9 Å². The van der Waals surface area contributed by atoms with Crippen molar-refractivity contribution in [1.29, 1.82) is 0 Å². The van der Waals surface area contributed by atoms with Gasteiger partial charge in [-0.15, -0.1) is 11.3 Å². The maximum atomic E-state index is 12.7. The lowest BCUT2D eigenvalue weighted by Gasteiger charge is -2.26. The molecule has 4 aromatic rings. The third-order valence-electron chi connectivity index (χ3n) is 7.30. The first-order valence-corrected chi connectivity index (χ1v) is 12.9. The standard InChI is InChI=1S/C27H28N4O2S/c1-15-12-29-25-24-19-7-9-21(31-22(19)10-11-23(24)34-26(25)27(33)30-15)18-6-8-20(28-13-18)17-4-2-16(14-32)3-5-17/h6-11,13,15-17,29,32H,2-5,12,14H2,1H3,(H,30,33)/t15-,16?,17?/m1/s1. The van der Waals surface area contributed by atoms with Gasteiger partial charge in [-0.3, -0.25) is 9.78 Å². The van der Waals surface area contributed by atoms with Gasteiger partial charge >= 0.3 is 0 Å². The Labute approximate surface area is 202 Å². The number of pyridine rings is 2. The molecule has 6 rings (SSSR count). The molecule has 0 spiro atoms. The fraction of sp³-hybridized carbons (Fsp3) is 0.370. The predicted molar refractivity (Wildman–Crippen MR) is 138 cm³/mol. The van der Waals surface area contributed by atoms with Crippen molar-refractivity contribution in [2.45, 2.75) is 44.6 Å². The minimum atomic E-state index is -0.0116. The van der Waals surface area contributed by atoms with Crippen molar-refractivity contribution in [3.05, 3.63) is 53.2 Å². The van der Waals surface area contributed by atoms with Gasteiger partial charge in [-0.2, -0.15) is 0 Å². The van der Waals surface area contributed by atoms with E-state index in [0.717, 1.165) is 74.2 Å². The van der Waals surface area contributed by atoms with E-state index >= 15 is 0 Å². The quantitative estimate of drug-likeness (QED) is 0.376. The molecule has 0 saturated heterocycles. The first kappa shape index (κ1) is 21.5. The summed E-state index contributed by atoms with van der Waals surface area (Å²) in [5.41, 5.74) is 4.88. The van der Waals surface area contributed by atoms with Crippen molar-refractivity contribution in [3.63, 3.8) is 0 Å². The molecule has 0 bridgehead atoms. The molecule has 7 heteroatoms. The lowest BCUT2D eigenvalue weighted by Crippen LogP contribution is -2.34. The largest absolute Gasteiger partial charge is 0.396 e. The van der Waals surface area contributed by atoms with Crippen LogP contribution in [0.15, 0.2) is 42.6 Å². The molecule has 1 aliphatic heterocycles. The van der Waals surface area contributed by atoms with Crippen LogP contribution in [0.25, 0.3) is 32.2 Å². The van der Waals surface area contributed by atoms with Crippen LogP contribution in [0, 0.1) is 5.92 Å². The number of aliphatic hydroxyl groups excluding tert-OH is 1. The Morgan fingerprint density at radius 1 is 1.09 bits per heavy atom. The Bertz CT molecular complexity index is 1370. The molecular weight excluding hydrogens is 444 g/mol. The number of amides is 1. The van der Waals surface area contributed by atoms with Crippen LogP contribution in [0.1, 0.15) is 53.9 Å². The zero-order valence-corrected chi connectivity index (χ0v) is 20.0. The minimum absolute atomic E-state index is 0.0116. The number of thiophene rings is 1. The van der Waals surface area contributed by atoms with Gasteiger partial charge < -0.3 is 15.7 Å². The molecule has 1 fully saturated rings. The SMILES string of the molecule is C[C@@H]1CNc2c(sc3ccc4nc(-c5ccc(C6CCC(CO)CC6)nc5)ccc4c23)C(=O)N1. The molecule has 0 unspecified atom stereocenters. The topological polar surface area (TPSA) is 87.1 Å². The van der Waals surface area contributed by atoms with Gasteiger partial charge in [-0.05, 0) is 74.9 Å². The highest BCUT2D eigenvalue weighted by molar-refractivity contribution is 7.21. The number of carbonyl (C=O) groups is 1. The summed E-state index contributed by atoms with van der Waals surface area (Å²) in [6.45, 7) is 3.01. The molecule has 6 nitrogen and oxygen atoms in total. The van der Waals surface area contributed by atoms with Crippen LogP contribution in [0.4, 0.5) is 5.69 Å². The van der Waals surface area contributed by atoms with E-state index in [2.05, 4.69) is 34.9 Å². The Balaban J connectivity index is 1.33. The van der Waals surface area contributed by atoms with Crippen LogP contribution in [-0.4, -0.2) is 40.2 Å². The Kier molecular flexibility index (Phi) is 5.46. The summed E-state index contributed by atoms with van der Waals surface area (Å²) >= 11 is 1.53. The van der Waals surface area contributed by atoms with Crippen LogP contribution in [0.3, 0.4) is 0 Å². The second-order valence-corrected chi connectivity index (χ2v) is 10.7. The number of anilines is 1. The molecular formula is C27H28N4O2S. The van der Waals surface area contributed by atoms with E-state index in [4.69, 9.17) is 9.97 Å². The van der Waals surface area contributed by atoms with Gasteiger partial charge in [0.25, 0.3) is 5.91 Å². The molecule has 0 radical (unpaired) electrons. The van der Waals surface area contributed by atoms with Crippen molar-refractivity contribution in [2.75, 3.05) is 18.5 Å². The summed E-state index contributed by atoms with van der Waals surface area (Å²) in [7, 11) is 0. The average molecular weight is 473 g/mol. The molecule has 1 aromatic carbocycles. The molecule has 4 heterocycles. The summed E-state index contributed by atoms with van der Waals surface area (Å²) in [6, 6.07) is 12.6. The maximum absolute atomic E-state index is 12.7. The summed E-state index contributed by atoms with van der Waals surface area (Å²) in [6.07, 6.45) is 6.28. The van der Waals surface area contributed by atoms with E-state index in [1.54, 1.807) is 0 Å². The van der Waals surface area contributed by atoms with Crippen LogP contribution in [-0.2, 0) is 0 Å². The van der Waals surface area contributed by atoms with Crippen LogP contribution in [0.5, 0.6) is 0 Å². The van der Waals surface area contributed by atoms with Gasteiger partial charge in [0.1, 0.15) is 4.88 Å². The lowest BCUT2D eigenvalue weighted by molar-refractivity contribution is 0.0949. The number of aliphatic hydroxyl groups is 1. The van der Waals surface area contributed by atoms with Gasteiger partial charge in [0.05, 0.1) is 16.9 Å². The Hall–Kier alpha value is -3.03. The molecule has 1 aliphatic carbocycles. The zero-order valence-electron chi connectivity index (χ0n) is 19.2. The fourth-order valence-electron chi connectivity index (χ4n) is 5.33. The van der Waals surface area contributed by atoms with Crippen molar-refractivity contribution in [1.82, 2.24) is 15.3 Å². The molecule has 1 saturated carbocycles. The molecule has 1 atom stereocenters. The van der Waals surface area contributed by atoms with Gasteiger partial charge in [0.2, 0.25) is 0 Å². The molecule has 2 aliphatic rings. The summed E-state index contributed by atoms with van der Waals surface area (Å²) < 4.78 is 1.09. The van der Waals surface area contributed by atoms with Gasteiger partial charge in [0, 0.05) is 58.0 Å². The van der Waals surface area contributed by atoms with E-state index < -0.39 is 0 Å². The third kappa shape index (κ3) is 3.73. The molecule has 3 aromatic heterocycles. The first-order valence-electron chi connectivity index (χ1n) is 12.1. The van der Waals surface area contributed by atoms with Crippen molar-refractivity contribution < 1.29 is 9.90 Å². The highest BCUT2D eigenvalue weighted by Gasteiger charge is 2.25. The van der Waals surface area contributed by atoms with Crippen LogP contribution >= 0.6 is 11.3 Å². The second kappa shape index (κ2) is 8.64. The number of aromatic nitrogens is 2. The Morgan fingerprint density at radius 3 is 2.71 bits per heavy atom. The lowest BCUT2D eigenvalue weighted by atomic mass is 9.80. The van der Waals surface area contributed by atoms with Crippen LogP contribution in [0.2, 0.25) is 0 Å². The zero-order chi connectivity index (χ0) is 23.2. The van der Waals surface area contributed by atoms with E-state index in [1.807, 2.05) is 25.3 Å². The van der Waals surface area contributed by atoms with E-state index in [9.17, 15) is 9.90 Å². The van der Waals surface area contributed by atoms with E-state index in [1.165, 1.54) is 11.3 Å². The number of carbonyl (C=O) groups excluding carboxylic acids is 1. The number of hydrogen-bond acceptors (Lipinski definition) is 6. The summed E-state index contributed by atoms with van der Waals surface area (Å²) in [5, 5.41) is 18.0. The maximum Gasteiger partial charge on any atom is 0.263 e. The average Bonchev–Trinajstić information content (AvgIpc) is 3.20. The number of nitrogens with one attached hydrogen (secondary N) is 2. The summed E-state index contributed by atoms with van der Waals surface area (Å²) in [4.78, 5) is 23.1. The first-order chi connectivity index (χ1) is 16.6. The molecule has 1 amide bonds. The van der Waals surface area contributed by atoms with Gasteiger partial charge in [-0.25, -0.2) is 4.98 Å². The summed E-state index contributed by atoms with van der Waals surface area (Å²) in [5.74, 6) is 0.924. The fourth-order valence-corrected chi connectivity index (χ4v) is 6.42. The minimum Gasteiger partial charge on any atom is -0.396 e. The molecule has 174 valence electrons. The number of benzene rings is 1. The van der Waals surface area contributed by atoms with Gasteiger partial charge in [0.15, 0.2) is 0 Å². The highest BCUT2D eigenvalue weighted by atomic mass is 32.1. The molecule has 34 heavy (non-hydrogen) atoms. The van der Waals surface area contributed by atoms with Crippen molar-refractivity contribution in [3.8, 4) is 11.3 Å². The van der Waals surface area contributed by atoms with Crippen molar-refractivity contribution in [2.24, 2.45) is 5.92 Å². The number of nitrogens with zero attached hydrogens (tertiary/aromatic N) is 2. The number of rotatable bonds is 3. The second-order valence-electron chi connectivity index (χ2n) is 9.64. The Morgan fingerprint density at radius 2 is 1.94 bits per heavy atom. The smallest absolute Gasteiger partial charge is 0.263 e. The predicted octanol–water partition coefficient (Wildman–Crippen LogP) is 5.32. The number of hydrogen-bond donors (Lipinski definition) is 3. The third-order valence-corrected chi connectivity index (χ3v) is 8.45. The number of fused-ring (bicyclic) bond motifs is 5. The normalized spacial score (nSPS) is 22.8. The highest BCUT2D eigenvalue weighted by Crippen LogP contribution is 2.41. The van der Waals surface area contributed by atoms with Gasteiger partial charge in [-0.1, -0.05) is 0 Å². The van der Waals surface area contributed by atoms with Crippen LogP contribution < -0.4 is 10.6 Å².